The van der Waals surface area contributed by atoms with Crippen molar-refractivity contribution in [1.29, 1.82) is 0 Å². The molecular formula is C13H16F3NO5. The van der Waals surface area contributed by atoms with Crippen molar-refractivity contribution in [2.24, 2.45) is 0 Å². The van der Waals surface area contributed by atoms with Crippen LogP contribution in [-0.2, 0) is 15.1 Å². The van der Waals surface area contributed by atoms with Crippen molar-refractivity contribution in [2.45, 2.75) is 18.7 Å². The number of anilines is 1. The van der Waals surface area contributed by atoms with Gasteiger partial charge in [0.15, 0.2) is 0 Å². The van der Waals surface area contributed by atoms with E-state index in [1.54, 1.807) is 0 Å². The fraction of sp³-hybridized carbons (Fsp3) is 0.462. The predicted molar refractivity (Wildman–Crippen MR) is 70.5 cm³/mol. The van der Waals surface area contributed by atoms with Crippen LogP contribution >= 0.6 is 0 Å². The molecule has 124 valence electrons. The van der Waals surface area contributed by atoms with Gasteiger partial charge in [0.05, 0.1) is 32.1 Å². The Hall–Kier alpha value is -2.16. The maximum absolute atomic E-state index is 13.3. The lowest BCUT2D eigenvalue weighted by atomic mass is 9.91. The molecule has 0 bridgehead atoms. The summed E-state index contributed by atoms with van der Waals surface area (Å²) in [6.07, 6.45) is -5.34. The van der Waals surface area contributed by atoms with Crippen LogP contribution in [0.25, 0.3) is 0 Å². The highest BCUT2D eigenvalue weighted by Crippen LogP contribution is 2.46. The molecule has 0 saturated carbocycles. The molecule has 1 rings (SSSR count). The van der Waals surface area contributed by atoms with E-state index in [4.69, 9.17) is 15.2 Å². The molecule has 6 nitrogen and oxygen atoms in total. The highest BCUT2D eigenvalue weighted by molar-refractivity contribution is 5.84. The van der Waals surface area contributed by atoms with E-state index in [1.807, 2.05) is 0 Å². The predicted octanol–water partition coefficient (Wildman–Crippen LogP) is 1.60. The van der Waals surface area contributed by atoms with E-state index in [1.165, 1.54) is 14.0 Å². The van der Waals surface area contributed by atoms with Crippen LogP contribution in [-0.4, -0.2) is 38.1 Å². The van der Waals surface area contributed by atoms with Gasteiger partial charge in [-0.3, -0.25) is 0 Å². The van der Waals surface area contributed by atoms with Crippen molar-refractivity contribution >= 4 is 11.7 Å². The number of esters is 1. The topological polar surface area (TPSA) is 91.0 Å². The molecule has 22 heavy (non-hydrogen) atoms. The van der Waals surface area contributed by atoms with Crippen molar-refractivity contribution in [2.75, 3.05) is 26.6 Å². The van der Waals surface area contributed by atoms with Gasteiger partial charge in [-0.15, -0.1) is 0 Å². The van der Waals surface area contributed by atoms with Crippen LogP contribution in [0.5, 0.6) is 11.5 Å². The lowest BCUT2D eigenvalue weighted by molar-refractivity contribution is -0.268. The number of carbonyl (C=O) groups excluding carboxylic acids is 1. The Bertz CT molecular complexity index is 561. The first-order valence-electron chi connectivity index (χ1n) is 6.11. The van der Waals surface area contributed by atoms with Crippen molar-refractivity contribution in [3.05, 3.63) is 17.7 Å². The lowest BCUT2D eigenvalue weighted by Gasteiger charge is -2.30. The molecule has 0 heterocycles. The number of halogens is 3. The largest absolute Gasteiger partial charge is 0.496 e. The van der Waals surface area contributed by atoms with Gasteiger partial charge in [0.25, 0.3) is 5.60 Å². The second kappa shape index (κ2) is 6.30. The number of aliphatic hydroxyl groups is 1. The monoisotopic (exact) mass is 323 g/mol. The first kappa shape index (κ1) is 17.9. The summed E-state index contributed by atoms with van der Waals surface area (Å²) in [5.41, 5.74) is 0.786. The summed E-state index contributed by atoms with van der Waals surface area (Å²) in [4.78, 5) is 11.7. The van der Waals surface area contributed by atoms with Gasteiger partial charge in [0.1, 0.15) is 11.5 Å². The second-order valence-electron chi connectivity index (χ2n) is 4.22. The van der Waals surface area contributed by atoms with Crippen LogP contribution in [0.15, 0.2) is 12.1 Å². The zero-order valence-electron chi connectivity index (χ0n) is 12.2. The summed E-state index contributed by atoms with van der Waals surface area (Å²) >= 11 is 0. The summed E-state index contributed by atoms with van der Waals surface area (Å²) in [5.74, 6) is -2.44. The van der Waals surface area contributed by atoms with Gasteiger partial charge in [-0.25, -0.2) is 4.79 Å². The third-order valence-corrected chi connectivity index (χ3v) is 2.92. The number of methoxy groups -OCH3 is 2. The molecule has 0 radical (unpaired) electrons. The Morgan fingerprint density at radius 2 is 1.77 bits per heavy atom. The van der Waals surface area contributed by atoms with E-state index in [2.05, 4.69) is 4.74 Å². The Balaban J connectivity index is 3.65. The van der Waals surface area contributed by atoms with E-state index in [9.17, 15) is 23.1 Å². The summed E-state index contributed by atoms with van der Waals surface area (Å²) in [6.45, 7) is 0.973. The number of benzene rings is 1. The molecule has 0 aliphatic heterocycles. The number of carbonyl (C=O) groups is 1. The van der Waals surface area contributed by atoms with E-state index in [-0.39, 0.29) is 18.0 Å². The average Bonchev–Trinajstić information content (AvgIpc) is 2.44. The Morgan fingerprint density at radius 3 is 2.18 bits per heavy atom. The Kier molecular flexibility index (Phi) is 5.13. The molecule has 1 atom stereocenters. The molecular weight excluding hydrogens is 307 g/mol. The maximum Gasteiger partial charge on any atom is 0.432 e. The zero-order valence-corrected chi connectivity index (χ0v) is 12.2. The highest BCUT2D eigenvalue weighted by Gasteiger charge is 2.63. The third-order valence-electron chi connectivity index (χ3n) is 2.92. The molecule has 0 saturated heterocycles. The molecule has 1 aromatic carbocycles. The van der Waals surface area contributed by atoms with Gasteiger partial charge in [0, 0.05) is 6.07 Å². The van der Waals surface area contributed by atoms with Crippen LogP contribution < -0.4 is 15.2 Å². The number of alkyl halides is 3. The fourth-order valence-electron chi connectivity index (χ4n) is 1.82. The van der Waals surface area contributed by atoms with Crippen LogP contribution in [0.3, 0.4) is 0 Å². The highest BCUT2D eigenvalue weighted by atomic mass is 19.4. The van der Waals surface area contributed by atoms with Crippen molar-refractivity contribution in [3.63, 3.8) is 0 Å². The first-order chi connectivity index (χ1) is 10.1. The minimum atomic E-state index is -5.34. The van der Waals surface area contributed by atoms with E-state index >= 15 is 0 Å². The Morgan fingerprint density at radius 1 is 1.23 bits per heavy atom. The molecule has 3 N–H and O–H groups in total. The zero-order chi connectivity index (χ0) is 17.1. The number of rotatable bonds is 5. The molecule has 0 aliphatic carbocycles. The number of nitrogen functional groups attached to an aromatic ring is 1. The average molecular weight is 323 g/mol. The molecule has 0 spiro atoms. The summed E-state index contributed by atoms with van der Waals surface area (Å²) in [6, 6.07) is 1.81. The van der Waals surface area contributed by atoms with E-state index < -0.39 is 29.1 Å². The number of hydrogen-bond donors (Lipinski definition) is 2. The summed E-state index contributed by atoms with van der Waals surface area (Å²) < 4.78 is 54.0. The first-order valence-corrected chi connectivity index (χ1v) is 6.11. The molecule has 1 aromatic rings. The fourth-order valence-corrected chi connectivity index (χ4v) is 1.82. The van der Waals surface area contributed by atoms with Gasteiger partial charge >= 0.3 is 12.1 Å². The second-order valence-corrected chi connectivity index (χ2v) is 4.22. The van der Waals surface area contributed by atoms with E-state index in [0.29, 0.717) is 0 Å². The van der Waals surface area contributed by atoms with Crippen LogP contribution in [0.1, 0.15) is 12.5 Å². The van der Waals surface area contributed by atoms with Crippen molar-refractivity contribution < 1.29 is 37.3 Å². The number of hydrogen-bond acceptors (Lipinski definition) is 6. The molecule has 0 amide bonds. The van der Waals surface area contributed by atoms with Gasteiger partial charge < -0.3 is 25.1 Å². The van der Waals surface area contributed by atoms with Crippen LogP contribution in [0.2, 0.25) is 0 Å². The van der Waals surface area contributed by atoms with E-state index in [0.717, 1.165) is 19.2 Å². The van der Waals surface area contributed by atoms with Crippen LogP contribution in [0, 0.1) is 0 Å². The number of ether oxygens (including phenoxy) is 3. The standard InChI is InChI=1S/C13H16F3NO5/c1-4-22-11(18)12(19,13(14,15)16)7-5-10(21-3)8(17)6-9(7)20-2/h5-6,19H,4,17H2,1-3H3. The minimum Gasteiger partial charge on any atom is -0.496 e. The Labute approximate surface area is 124 Å². The molecule has 0 aromatic heterocycles. The van der Waals surface area contributed by atoms with Gasteiger partial charge in [0.2, 0.25) is 0 Å². The van der Waals surface area contributed by atoms with Gasteiger partial charge in [-0.1, -0.05) is 0 Å². The van der Waals surface area contributed by atoms with Gasteiger partial charge in [-0.05, 0) is 13.0 Å². The van der Waals surface area contributed by atoms with Crippen molar-refractivity contribution in [1.82, 2.24) is 0 Å². The minimum absolute atomic E-state index is 0.0171. The summed E-state index contributed by atoms with van der Waals surface area (Å²) in [5, 5.41) is 10.1. The van der Waals surface area contributed by atoms with Gasteiger partial charge in [-0.2, -0.15) is 13.2 Å². The lowest BCUT2D eigenvalue weighted by Crippen LogP contribution is -2.50. The molecule has 0 aliphatic rings. The third kappa shape index (κ3) is 2.89. The smallest absolute Gasteiger partial charge is 0.432 e. The SMILES string of the molecule is CCOC(=O)C(O)(c1cc(OC)c(N)cc1OC)C(F)(F)F. The summed E-state index contributed by atoms with van der Waals surface area (Å²) in [7, 11) is 2.26. The normalized spacial score (nSPS) is 14.1. The molecule has 9 heteroatoms. The quantitative estimate of drug-likeness (QED) is 0.632. The molecule has 1 unspecified atom stereocenters. The number of nitrogens with two attached hydrogens (primary N) is 1. The van der Waals surface area contributed by atoms with Crippen LogP contribution in [0.4, 0.5) is 18.9 Å². The maximum atomic E-state index is 13.3. The van der Waals surface area contributed by atoms with Crippen molar-refractivity contribution in [3.8, 4) is 11.5 Å². The molecule has 0 fully saturated rings.